The number of hydrogen-bond donors (Lipinski definition) is 2. The zero-order chi connectivity index (χ0) is 11.8. The van der Waals surface area contributed by atoms with Gasteiger partial charge >= 0.3 is 5.97 Å². The Morgan fingerprint density at radius 2 is 2.44 bits per heavy atom. The molecule has 2 heterocycles. The molecule has 1 aliphatic heterocycles. The molecule has 0 saturated heterocycles. The molecule has 0 radical (unpaired) electrons. The standard InChI is InChI=1S/C10H16N4O2/c1-10(11,9(15)16)7-13-4-5-14-3-2-12-8(14)6-13/h2-3H,4-7,11H2,1H3,(H,15,16). The molecule has 16 heavy (non-hydrogen) atoms. The van der Waals surface area contributed by atoms with Crippen LogP contribution in [0.4, 0.5) is 0 Å². The van der Waals surface area contributed by atoms with Crippen LogP contribution in [0, 0.1) is 0 Å². The van der Waals surface area contributed by atoms with E-state index in [0.29, 0.717) is 13.1 Å². The Morgan fingerprint density at radius 3 is 3.12 bits per heavy atom. The summed E-state index contributed by atoms with van der Waals surface area (Å²) in [6.45, 7) is 4.19. The molecule has 0 aromatic carbocycles. The van der Waals surface area contributed by atoms with Crippen LogP contribution in [-0.2, 0) is 17.9 Å². The van der Waals surface area contributed by atoms with Gasteiger partial charge in [-0.25, -0.2) is 4.98 Å². The normalized spacial score (nSPS) is 20.1. The highest BCUT2D eigenvalue weighted by Crippen LogP contribution is 2.13. The smallest absolute Gasteiger partial charge is 0.324 e. The number of hydrogen-bond acceptors (Lipinski definition) is 4. The number of imidazole rings is 1. The molecule has 0 aliphatic carbocycles. The lowest BCUT2D eigenvalue weighted by molar-refractivity contribution is -0.143. The van der Waals surface area contributed by atoms with Gasteiger partial charge in [0, 0.05) is 32.0 Å². The van der Waals surface area contributed by atoms with E-state index in [2.05, 4.69) is 9.55 Å². The lowest BCUT2D eigenvalue weighted by Crippen LogP contribution is -2.54. The van der Waals surface area contributed by atoms with E-state index in [9.17, 15) is 4.79 Å². The van der Waals surface area contributed by atoms with E-state index in [0.717, 1.165) is 18.9 Å². The van der Waals surface area contributed by atoms with Crippen molar-refractivity contribution in [2.24, 2.45) is 5.73 Å². The van der Waals surface area contributed by atoms with Crippen molar-refractivity contribution in [3.8, 4) is 0 Å². The Balaban J connectivity index is 2.02. The van der Waals surface area contributed by atoms with Crippen molar-refractivity contribution in [2.45, 2.75) is 25.6 Å². The fraction of sp³-hybridized carbons (Fsp3) is 0.600. The minimum Gasteiger partial charge on any atom is -0.480 e. The SMILES string of the molecule is CC(N)(CN1CCn2ccnc2C1)C(=O)O. The summed E-state index contributed by atoms with van der Waals surface area (Å²) in [5, 5.41) is 8.95. The average Bonchev–Trinajstić information content (AvgIpc) is 2.63. The second kappa shape index (κ2) is 3.88. The summed E-state index contributed by atoms with van der Waals surface area (Å²) in [5.41, 5.74) is 4.52. The van der Waals surface area contributed by atoms with Gasteiger partial charge in [-0.1, -0.05) is 0 Å². The zero-order valence-electron chi connectivity index (χ0n) is 9.26. The van der Waals surface area contributed by atoms with Crippen molar-refractivity contribution >= 4 is 5.97 Å². The monoisotopic (exact) mass is 224 g/mol. The molecule has 1 aromatic rings. The molecule has 6 heteroatoms. The number of nitrogens with zero attached hydrogens (tertiary/aromatic N) is 3. The Kier molecular flexibility index (Phi) is 2.69. The van der Waals surface area contributed by atoms with Crippen molar-refractivity contribution in [3.63, 3.8) is 0 Å². The molecule has 0 saturated carbocycles. The molecule has 0 spiro atoms. The van der Waals surface area contributed by atoms with E-state index >= 15 is 0 Å². The van der Waals surface area contributed by atoms with Gasteiger partial charge in [-0.3, -0.25) is 9.69 Å². The van der Waals surface area contributed by atoms with Crippen LogP contribution in [0.3, 0.4) is 0 Å². The molecule has 0 bridgehead atoms. The first-order chi connectivity index (χ1) is 7.49. The summed E-state index contributed by atoms with van der Waals surface area (Å²) in [5.74, 6) is -0.00569. The largest absolute Gasteiger partial charge is 0.480 e. The molecule has 0 amide bonds. The molecule has 1 atom stereocenters. The zero-order valence-corrected chi connectivity index (χ0v) is 9.26. The maximum atomic E-state index is 10.9. The average molecular weight is 224 g/mol. The van der Waals surface area contributed by atoms with Crippen LogP contribution in [0.2, 0.25) is 0 Å². The van der Waals surface area contributed by atoms with Gasteiger partial charge in [-0.2, -0.15) is 0 Å². The van der Waals surface area contributed by atoms with Gasteiger partial charge in [0.1, 0.15) is 11.4 Å². The van der Waals surface area contributed by atoms with Crippen molar-refractivity contribution in [2.75, 3.05) is 13.1 Å². The Labute approximate surface area is 93.7 Å². The minimum absolute atomic E-state index is 0.342. The number of carboxylic acids is 1. The van der Waals surface area contributed by atoms with Crippen LogP contribution in [0.25, 0.3) is 0 Å². The van der Waals surface area contributed by atoms with Gasteiger partial charge in [0.05, 0.1) is 6.54 Å². The summed E-state index contributed by atoms with van der Waals surface area (Å²) in [6.07, 6.45) is 3.70. The number of aliphatic carboxylic acids is 1. The molecular formula is C10H16N4O2. The molecular weight excluding hydrogens is 208 g/mol. The maximum absolute atomic E-state index is 10.9. The van der Waals surface area contributed by atoms with Gasteiger partial charge in [-0.05, 0) is 6.92 Å². The van der Waals surface area contributed by atoms with E-state index in [-0.39, 0.29) is 0 Å². The molecule has 2 rings (SSSR count). The number of nitrogens with two attached hydrogens (primary N) is 1. The molecule has 6 nitrogen and oxygen atoms in total. The summed E-state index contributed by atoms with van der Waals surface area (Å²) in [7, 11) is 0. The van der Waals surface area contributed by atoms with E-state index in [1.165, 1.54) is 6.92 Å². The Bertz CT molecular complexity index is 399. The second-order valence-corrected chi connectivity index (χ2v) is 4.47. The van der Waals surface area contributed by atoms with E-state index in [4.69, 9.17) is 10.8 Å². The number of aromatic nitrogens is 2. The highest BCUT2D eigenvalue weighted by molar-refractivity contribution is 5.78. The van der Waals surface area contributed by atoms with Crippen molar-refractivity contribution in [3.05, 3.63) is 18.2 Å². The minimum atomic E-state index is -1.20. The van der Waals surface area contributed by atoms with Crippen molar-refractivity contribution in [1.82, 2.24) is 14.5 Å². The van der Waals surface area contributed by atoms with Crippen LogP contribution in [0.15, 0.2) is 12.4 Å². The van der Waals surface area contributed by atoms with Gasteiger partial charge in [-0.15, -0.1) is 0 Å². The molecule has 1 aliphatic rings. The number of carboxylic acid groups (broad SMARTS) is 1. The highest BCUT2D eigenvalue weighted by atomic mass is 16.4. The maximum Gasteiger partial charge on any atom is 0.324 e. The Morgan fingerprint density at radius 1 is 1.69 bits per heavy atom. The second-order valence-electron chi connectivity index (χ2n) is 4.47. The highest BCUT2D eigenvalue weighted by Gasteiger charge is 2.31. The lowest BCUT2D eigenvalue weighted by Gasteiger charge is -2.32. The first kappa shape index (κ1) is 11.1. The van der Waals surface area contributed by atoms with Gasteiger partial charge in [0.15, 0.2) is 0 Å². The molecule has 88 valence electrons. The van der Waals surface area contributed by atoms with Gasteiger partial charge in [0.25, 0.3) is 0 Å². The molecule has 1 unspecified atom stereocenters. The molecule has 3 N–H and O–H groups in total. The van der Waals surface area contributed by atoms with Crippen LogP contribution in [0.5, 0.6) is 0 Å². The predicted octanol–water partition coefficient (Wildman–Crippen LogP) is -0.499. The van der Waals surface area contributed by atoms with Crippen LogP contribution in [-0.4, -0.2) is 44.2 Å². The van der Waals surface area contributed by atoms with Gasteiger partial charge < -0.3 is 15.4 Å². The van der Waals surface area contributed by atoms with E-state index < -0.39 is 11.5 Å². The summed E-state index contributed by atoms with van der Waals surface area (Å²) in [6, 6.07) is 0. The first-order valence-electron chi connectivity index (χ1n) is 5.24. The van der Waals surface area contributed by atoms with Gasteiger partial charge in [0.2, 0.25) is 0 Å². The first-order valence-corrected chi connectivity index (χ1v) is 5.24. The van der Waals surface area contributed by atoms with Crippen LogP contribution < -0.4 is 5.73 Å². The van der Waals surface area contributed by atoms with Crippen LogP contribution >= 0.6 is 0 Å². The summed E-state index contributed by atoms with van der Waals surface area (Å²) < 4.78 is 2.07. The third kappa shape index (κ3) is 2.07. The lowest BCUT2D eigenvalue weighted by atomic mass is 10.0. The quantitative estimate of drug-likeness (QED) is 0.723. The predicted molar refractivity (Wildman–Crippen MR) is 57.7 cm³/mol. The third-order valence-electron chi connectivity index (χ3n) is 2.86. The van der Waals surface area contributed by atoms with Crippen molar-refractivity contribution in [1.29, 1.82) is 0 Å². The molecule has 0 fully saturated rings. The summed E-state index contributed by atoms with van der Waals surface area (Å²) in [4.78, 5) is 17.2. The van der Waals surface area contributed by atoms with Crippen LogP contribution in [0.1, 0.15) is 12.7 Å². The Hall–Kier alpha value is -1.40. The fourth-order valence-electron chi connectivity index (χ4n) is 1.89. The number of fused-ring (bicyclic) bond motifs is 1. The summed E-state index contributed by atoms with van der Waals surface area (Å²) >= 11 is 0. The van der Waals surface area contributed by atoms with Crippen molar-refractivity contribution < 1.29 is 9.90 Å². The number of carbonyl (C=O) groups is 1. The van der Waals surface area contributed by atoms with E-state index in [1.807, 2.05) is 11.1 Å². The van der Waals surface area contributed by atoms with E-state index in [1.54, 1.807) is 6.20 Å². The molecule has 1 aromatic heterocycles. The fourth-order valence-corrected chi connectivity index (χ4v) is 1.89. The third-order valence-corrected chi connectivity index (χ3v) is 2.86. The number of rotatable bonds is 3. The topological polar surface area (TPSA) is 84.4 Å².